The lowest BCUT2D eigenvalue weighted by atomic mass is 9.93. The molecule has 0 spiro atoms. The van der Waals surface area contributed by atoms with Gasteiger partial charge in [0, 0.05) is 11.6 Å². The summed E-state index contributed by atoms with van der Waals surface area (Å²) in [4.78, 5) is 0. The molecule has 0 radical (unpaired) electrons. The summed E-state index contributed by atoms with van der Waals surface area (Å²) in [5.74, 6) is 1.52. The van der Waals surface area contributed by atoms with Crippen LogP contribution in [0, 0.1) is 12.8 Å². The Balaban J connectivity index is 2.12. The van der Waals surface area contributed by atoms with E-state index in [4.69, 9.17) is 10.5 Å². The first-order valence-electron chi connectivity index (χ1n) is 6.52. The third-order valence-electron chi connectivity index (χ3n) is 3.70. The highest BCUT2D eigenvalue weighted by molar-refractivity contribution is 7.91. The Labute approximate surface area is 114 Å². The molecule has 1 aliphatic heterocycles. The number of sulfone groups is 1. The smallest absolute Gasteiger partial charge is 0.150 e. The van der Waals surface area contributed by atoms with Crippen molar-refractivity contribution in [1.82, 2.24) is 0 Å². The Morgan fingerprint density at radius 3 is 2.79 bits per heavy atom. The molecule has 106 valence electrons. The highest BCUT2D eigenvalue weighted by Crippen LogP contribution is 2.32. The van der Waals surface area contributed by atoms with Gasteiger partial charge in [-0.2, -0.15) is 0 Å². The van der Waals surface area contributed by atoms with Crippen molar-refractivity contribution in [3.05, 3.63) is 29.3 Å². The molecule has 0 aromatic heterocycles. The molecule has 1 aromatic rings. The van der Waals surface area contributed by atoms with Crippen molar-refractivity contribution in [2.45, 2.75) is 25.8 Å². The van der Waals surface area contributed by atoms with Gasteiger partial charge in [-0.1, -0.05) is 17.7 Å². The molecule has 0 saturated carbocycles. The van der Waals surface area contributed by atoms with Crippen LogP contribution >= 0.6 is 0 Å². The van der Waals surface area contributed by atoms with E-state index in [1.165, 1.54) is 0 Å². The monoisotopic (exact) mass is 283 g/mol. The molecular weight excluding hydrogens is 262 g/mol. The third kappa shape index (κ3) is 3.48. The fraction of sp³-hybridized carbons (Fsp3) is 0.571. The Morgan fingerprint density at radius 1 is 1.47 bits per heavy atom. The van der Waals surface area contributed by atoms with Gasteiger partial charge in [0.05, 0.1) is 18.6 Å². The summed E-state index contributed by atoms with van der Waals surface area (Å²) < 4.78 is 28.3. The molecule has 1 aromatic carbocycles. The first kappa shape index (κ1) is 14.3. The number of ether oxygens (including phenoxy) is 1. The van der Waals surface area contributed by atoms with Gasteiger partial charge in [0.15, 0.2) is 9.84 Å². The van der Waals surface area contributed by atoms with E-state index in [-0.39, 0.29) is 17.7 Å². The summed E-state index contributed by atoms with van der Waals surface area (Å²) in [5, 5.41) is 0. The van der Waals surface area contributed by atoms with Gasteiger partial charge in [-0.15, -0.1) is 0 Å². The fourth-order valence-corrected chi connectivity index (χ4v) is 4.57. The van der Waals surface area contributed by atoms with Crippen molar-refractivity contribution in [3.8, 4) is 5.75 Å². The average molecular weight is 283 g/mol. The van der Waals surface area contributed by atoms with E-state index in [1.807, 2.05) is 25.1 Å². The minimum Gasteiger partial charge on any atom is -0.496 e. The van der Waals surface area contributed by atoms with E-state index in [0.717, 1.165) is 23.3 Å². The van der Waals surface area contributed by atoms with Gasteiger partial charge in [0.2, 0.25) is 0 Å². The molecule has 2 rings (SSSR count). The van der Waals surface area contributed by atoms with Crippen LogP contribution in [0.2, 0.25) is 0 Å². The molecule has 1 saturated heterocycles. The van der Waals surface area contributed by atoms with Crippen LogP contribution in [0.5, 0.6) is 5.75 Å². The summed E-state index contributed by atoms with van der Waals surface area (Å²) >= 11 is 0. The summed E-state index contributed by atoms with van der Waals surface area (Å²) in [6.45, 7) is 2.01. The number of rotatable bonds is 4. The van der Waals surface area contributed by atoms with Crippen molar-refractivity contribution >= 4 is 9.84 Å². The predicted molar refractivity (Wildman–Crippen MR) is 76.0 cm³/mol. The standard InChI is InChI=1S/C14H21NO3S/c1-10-3-4-14(18-2)12(7-10)13(15)8-11-5-6-19(16,17)9-11/h3-4,7,11,13H,5-6,8-9,15H2,1-2H3. The first-order chi connectivity index (χ1) is 8.91. The predicted octanol–water partition coefficient (Wildman–Crippen LogP) is 1.83. The van der Waals surface area contributed by atoms with Crippen molar-refractivity contribution in [2.75, 3.05) is 18.6 Å². The SMILES string of the molecule is COc1ccc(C)cc1C(N)CC1CCS(=O)(=O)C1. The second-order valence-corrected chi connectivity index (χ2v) is 7.59. The number of hydrogen-bond acceptors (Lipinski definition) is 4. The van der Waals surface area contributed by atoms with Crippen LogP contribution in [0.3, 0.4) is 0 Å². The summed E-state index contributed by atoms with van der Waals surface area (Å²) in [6, 6.07) is 5.74. The van der Waals surface area contributed by atoms with Gasteiger partial charge in [0.25, 0.3) is 0 Å². The zero-order valence-electron chi connectivity index (χ0n) is 11.4. The Kier molecular flexibility index (Phi) is 4.16. The van der Waals surface area contributed by atoms with E-state index >= 15 is 0 Å². The molecule has 0 amide bonds. The average Bonchev–Trinajstić information content (AvgIpc) is 2.68. The Morgan fingerprint density at radius 2 is 2.21 bits per heavy atom. The molecular formula is C14H21NO3S. The fourth-order valence-electron chi connectivity index (χ4n) is 2.69. The van der Waals surface area contributed by atoms with Crippen molar-refractivity contribution in [2.24, 2.45) is 11.7 Å². The summed E-state index contributed by atoms with van der Waals surface area (Å²) in [6.07, 6.45) is 1.42. The van der Waals surface area contributed by atoms with Crippen molar-refractivity contribution in [3.63, 3.8) is 0 Å². The highest BCUT2D eigenvalue weighted by Gasteiger charge is 2.29. The molecule has 2 unspecified atom stereocenters. The molecule has 19 heavy (non-hydrogen) atoms. The second-order valence-electron chi connectivity index (χ2n) is 5.36. The van der Waals surface area contributed by atoms with Crippen LogP contribution in [0.1, 0.15) is 30.0 Å². The van der Waals surface area contributed by atoms with E-state index < -0.39 is 9.84 Å². The second kappa shape index (κ2) is 5.51. The van der Waals surface area contributed by atoms with Crippen LogP contribution in [-0.4, -0.2) is 27.0 Å². The summed E-state index contributed by atoms with van der Waals surface area (Å²) in [5.41, 5.74) is 8.33. The largest absolute Gasteiger partial charge is 0.496 e. The van der Waals surface area contributed by atoms with Gasteiger partial charge >= 0.3 is 0 Å². The molecule has 0 bridgehead atoms. The lowest BCUT2D eigenvalue weighted by Crippen LogP contribution is -2.17. The third-order valence-corrected chi connectivity index (χ3v) is 5.54. The lowest BCUT2D eigenvalue weighted by Gasteiger charge is -2.19. The van der Waals surface area contributed by atoms with E-state index in [9.17, 15) is 8.42 Å². The molecule has 1 aliphatic rings. The Bertz CT molecular complexity index is 554. The molecule has 5 heteroatoms. The molecule has 1 heterocycles. The molecule has 2 N–H and O–H groups in total. The first-order valence-corrected chi connectivity index (χ1v) is 8.34. The number of nitrogens with two attached hydrogens (primary N) is 1. The number of aryl methyl sites for hydroxylation is 1. The quantitative estimate of drug-likeness (QED) is 0.915. The van der Waals surface area contributed by atoms with Gasteiger partial charge < -0.3 is 10.5 Å². The zero-order valence-corrected chi connectivity index (χ0v) is 12.2. The molecule has 1 fully saturated rings. The van der Waals surface area contributed by atoms with Gasteiger partial charge in [0.1, 0.15) is 5.75 Å². The lowest BCUT2D eigenvalue weighted by molar-refractivity contribution is 0.397. The van der Waals surface area contributed by atoms with Crippen molar-refractivity contribution < 1.29 is 13.2 Å². The highest BCUT2D eigenvalue weighted by atomic mass is 32.2. The molecule has 4 nitrogen and oxygen atoms in total. The number of benzene rings is 1. The maximum absolute atomic E-state index is 11.5. The maximum atomic E-state index is 11.5. The number of methoxy groups -OCH3 is 1. The van der Waals surface area contributed by atoms with Gasteiger partial charge in [-0.05, 0) is 31.7 Å². The van der Waals surface area contributed by atoms with Crippen LogP contribution in [0.25, 0.3) is 0 Å². The van der Waals surface area contributed by atoms with Crippen molar-refractivity contribution in [1.29, 1.82) is 0 Å². The van der Waals surface area contributed by atoms with E-state index in [0.29, 0.717) is 12.2 Å². The van der Waals surface area contributed by atoms with E-state index in [2.05, 4.69) is 0 Å². The maximum Gasteiger partial charge on any atom is 0.150 e. The van der Waals surface area contributed by atoms with E-state index in [1.54, 1.807) is 7.11 Å². The minimum absolute atomic E-state index is 0.171. The van der Waals surface area contributed by atoms with Crippen LogP contribution in [0.15, 0.2) is 18.2 Å². The molecule has 2 atom stereocenters. The van der Waals surface area contributed by atoms with Gasteiger partial charge in [-0.25, -0.2) is 8.42 Å². The molecule has 0 aliphatic carbocycles. The van der Waals surface area contributed by atoms with Gasteiger partial charge in [-0.3, -0.25) is 0 Å². The Hall–Kier alpha value is -1.07. The minimum atomic E-state index is -2.83. The van der Waals surface area contributed by atoms with Crippen LogP contribution < -0.4 is 10.5 Å². The normalized spacial score (nSPS) is 23.2. The summed E-state index contributed by atoms with van der Waals surface area (Å²) in [7, 11) is -1.21. The number of hydrogen-bond donors (Lipinski definition) is 1. The topological polar surface area (TPSA) is 69.4 Å². The van der Waals surface area contributed by atoms with Crippen LogP contribution in [0.4, 0.5) is 0 Å². The van der Waals surface area contributed by atoms with Crippen LogP contribution in [-0.2, 0) is 9.84 Å². The zero-order chi connectivity index (χ0) is 14.0.